The number of aliphatic hydroxyl groups excluding tert-OH is 1. The van der Waals surface area contributed by atoms with Gasteiger partial charge in [0.2, 0.25) is 0 Å². The van der Waals surface area contributed by atoms with Crippen LogP contribution in [-0.2, 0) is 4.74 Å². The molecule has 2 N–H and O–H groups in total. The molecule has 0 aromatic carbocycles. The van der Waals surface area contributed by atoms with Gasteiger partial charge in [0.1, 0.15) is 0 Å². The van der Waals surface area contributed by atoms with Gasteiger partial charge in [-0.25, -0.2) is 0 Å². The number of fused-ring (bicyclic) bond motifs is 2. The number of likely N-dealkylation sites (N-methyl/N-ethyl adjacent to an activating group) is 1. The molecular formula is C9H17NO2. The van der Waals surface area contributed by atoms with Gasteiger partial charge in [0.25, 0.3) is 0 Å². The highest BCUT2D eigenvalue weighted by Gasteiger charge is 2.46. The van der Waals surface area contributed by atoms with Crippen LogP contribution >= 0.6 is 0 Å². The van der Waals surface area contributed by atoms with Crippen LogP contribution in [0, 0.1) is 0 Å². The highest BCUT2D eigenvalue weighted by Crippen LogP contribution is 2.38. The van der Waals surface area contributed by atoms with Crippen molar-refractivity contribution in [3.8, 4) is 0 Å². The van der Waals surface area contributed by atoms with Crippen molar-refractivity contribution in [2.75, 3.05) is 13.7 Å². The molecule has 2 rings (SSSR count). The summed E-state index contributed by atoms with van der Waals surface area (Å²) in [7, 11) is 1.91. The van der Waals surface area contributed by atoms with Crippen molar-refractivity contribution >= 4 is 0 Å². The zero-order chi connectivity index (χ0) is 8.60. The van der Waals surface area contributed by atoms with Gasteiger partial charge >= 0.3 is 0 Å². The van der Waals surface area contributed by atoms with Crippen molar-refractivity contribution < 1.29 is 9.84 Å². The first kappa shape index (κ1) is 8.48. The standard InChI is InChI=1S/C9H17NO2/c1-10-9(6-11)5-4-7-2-3-8(9)12-7/h7-8,10-11H,2-6H2,1H3. The Morgan fingerprint density at radius 3 is 3.00 bits per heavy atom. The Morgan fingerprint density at radius 1 is 1.50 bits per heavy atom. The van der Waals surface area contributed by atoms with Crippen LogP contribution in [0.25, 0.3) is 0 Å². The minimum atomic E-state index is -0.146. The Labute approximate surface area is 73.1 Å². The number of hydrogen-bond acceptors (Lipinski definition) is 3. The second-order valence-electron chi connectivity index (χ2n) is 3.93. The maximum atomic E-state index is 9.32. The molecule has 0 spiro atoms. The minimum absolute atomic E-state index is 0.146. The fourth-order valence-electron chi connectivity index (χ4n) is 2.45. The van der Waals surface area contributed by atoms with Gasteiger partial charge < -0.3 is 15.2 Å². The molecule has 0 aromatic heterocycles. The number of nitrogens with one attached hydrogen (secondary N) is 1. The fourth-order valence-corrected chi connectivity index (χ4v) is 2.45. The molecule has 70 valence electrons. The summed E-state index contributed by atoms with van der Waals surface area (Å²) in [6, 6.07) is 0. The third-order valence-corrected chi connectivity index (χ3v) is 3.42. The summed E-state index contributed by atoms with van der Waals surface area (Å²) >= 11 is 0. The largest absolute Gasteiger partial charge is 0.394 e. The highest BCUT2D eigenvalue weighted by molar-refractivity contribution is 5.01. The lowest BCUT2D eigenvalue weighted by molar-refractivity contribution is -0.0741. The molecule has 0 amide bonds. The van der Waals surface area contributed by atoms with Gasteiger partial charge in [0.15, 0.2) is 0 Å². The van der Waals surface area contributed by atoms with Crippen molar-refractivity contribution in [3.63, 3.8) is 0 Å². The van der Waals surface area contributed by atoms with E-state index in [2.05, 4.69) is 5.32 Å². The van der Waals surface area contributed by atoms with Crippen LogP contribution in [0.1, 0.15) is 25.7 Å². The van der Waals surface area contributed by atoms with Crippen molar-refractivity contribution in [3.05, 3.63) is 0 Å². The Kier molecular flexibility index (Phi) is 2.10. The van der Waals surface area contributed by atoms with Gasteiger partial charge in [0.05, 0.1) is 24.4 Å². The normalized spacial score (nSPS) is 46.5. The quantitative estimate of drug-likeness (QED) is 0.627. The Morgan fingerprint density at radius 2 is 2.33 bits per heavy atom. The molecule has 0 aromatic rings. The van der Waals surface area contributed by atoms with E-state index >= 15 is 0 Å². The van der Waals surface area contributed by atoms with Gasteiger partial charge in [-0.3, -0.25) is 0 Å². The van der Waals surface area contributed by atoms with Crippen LogP contribution in [0.4, 0.5) is 0 Å². The lowest BCUT2D eigenvalue weighted by Gasteiger charge is -2.40. The number of ether oxygens (including phenoxy) is 1. The summed E-state index contributed by atoms with van der Waals surface area (Å²) in [5.41, 5.74) is -0.146. The van der Waals surface area contributed by atoms with Gasteiger partial charge in [-0.15, -0.1) is 0 Å². The van der Waals surface area contributed by atoms with E-state index in [9.17, 15) is 5.11 Å². The topological polar surface area (TPSA) is 41.5 Å². The van der Waals surface area contributed by atoms with E-state index in [-0.39, 0.29) is 18.2 Å². The average molecular weight is 171 g/mol. The second-order valence-corrected chi connectivity index (χ2v) is 3.93. The van der Waals surface area contributed by atoms with Gasteiger partial charge in [-0.05, 0) is 32.7 Å². The average Bonchev–Trinajstić information content (AvgIpc) is 2.52. The number of aliphatic hydroxyl groups is 1. The summed E-state index contributed by atoms with van der Waals surface area (Å²) in [4.78, 5) is 0. The van der Waals surface area contributed by atoms with Crippen LogP contribution < -0.4 is 5.32 Å². The Bertz CT molecular complexity index is 168. The smallest absolute Gasteiger partial charge is 0.0783 e. The Hall–Kier alpha value is -0.120. The highest BCUT2D eigenvalue weighted by atomic mass is 16.5. The molecular weight excluding hydrogens is 154 g/mol. The predicted molar refractivity (Wildman–Crippen MR) is 46.0 cm³/mol. The van der Waals surface area contributed by atoms with Crippen LogP contribution in [-0.4, -0.2) is 36.5 Å². The van der Waals surface area contributed by atoms with Gasteiger partial charge in [-0.2, -0.15) is 0 Å². The van der Waals surface area contributed by atoms with Crippen LogP contribution in [0.2, 0.25) is 0 Å². The lowest BCUT2D eigenvalue weighted by atomic mass is 9.87. The number of hydrogen-bond donors (Lipinski definition) is 2. The second kappa shape index (κ2) is 2.98. The first-order chi connectivity index (χ1) is 5.80. The first-order valence-corrected chi connectivity index (χ1v) is 4.76. The first-order valence-electron chi connectivity index (χ1n) is 4.76. The zero-order valence-electron chi connectivity index (χ0n) is 7.55. The van der Waals surface area contributed by atoms with E-state index in [0.29, 0.717) is 6.10 Å². The molecule has 2 saturated heterocycles. The molecule has 2 bridgehead atoms. The van der Waals surface area contributed by atoms with E-state index in [1.807, 2.05) is 7.05 Å². The molecule has 2 heterocycles. The van der Waals surface area contributed by atoms with E-state index < -0.39 is 0 Å². The molecule has 2 fully saturated rings. The summed E-state index contributed by atoms with van der Waals surface area (Å²) in [5.74, 6) is 0. The van der Waals surface area contributed by atoms with E-state index in [1.54, 1.807) is 0 Å². The molecule has 0 radical (unpaired) electrons. The molecule has 3 unspecified atom stereocenters. The summed E-state index contributed by atoms with van der Waals surface area (Å²) < 4.78 is 5.77. The predicted octanol–water partition coefficient (Wildman–Crippen LogP) is 0.278. The molecule has 3 heteroatoms. The molecule has 2 aliphatic rings. The van der Waals surface area contributed by atoms with Gasteiger partial charge in [-0.1, -0.05) is 0 Å². The monoisotopic (exact) mass is 171 g/mol. The fraction of sp³-hybridized carbons (Fsp3) is 1.00. The molecule has 3 nitrogen and oxygen atoms in total. The molecule has 0 aliphatic carbocycles. The van der Waals surface area contributed by atoms with Crippen molar-refractivity contribution in [2.45, 2.75) is 43.4 Å². The summed E-state index contributed by atoms with van der Waals surface area (Å²) in [6.45, 7) is 0.195. The van der Waals surface area contributed by atoms with Crippen LogP contribution in [0.15, 0.2) is 0 Å². The maximum Gasteiger partial charge on any atom is 0.0783 e. The SMILES string of the molecule is CNC1(CO)CCC2CCC1O2. The summed E-state index contributed by atoms with van der Waals surface area (Å²) in [5, 5.41) is 12.5. The van der Waals surface area contributed by atoms with Crippen molar-refractivity contribution in [2.24, 2.45) is 0 Å². The van der Waals surface area contributed by atoms with Gasteiger partial charge in [0, 0.05) is 0 Å². The third-order valence-electron chi connectivity index (χ3n) is 3.42. The minimum Gasteiger partial charge on any atom is -0.394 e. The maximum absolute atomic E-state index is 9.32. The molecule has 3 atom stereocenters. The van der Waals surface area contributed by atoms with Crippen molar-refractivity contribution in [1.29, 1.82) is 0 Å². The van der Waals surface area contributed by atoms with E-state index in [0.717, 1.165) is 19.3 Å². The van der Waals surface area contributed by atoms with Crippen LogP contribution in [0.5, 0.6) is 0 Å². The third kappa shape index (κ3) is 1.08. The summed E-state index contributed by atoms with van der Waals surface area (Å²) in [6.07, 6.45) is 5.14. The van der Waals surface area contributed by atoms with Crippen LogP contribution in [0.3, 0.4) is 0 Å². The molecule has 0 saturated carbocycles. The van der Waals surface area contributed by atoms with Crippen molar-refractivity contribution in [1.82, 2.24) is 5.32 Å². The molecule has 12 heavy (non-hydrogen) atoms. The van der Waals surface area contributed by atoms with E-state index in [1.165, 1.54) is 6.42 Å². The van der Waals surface area contributed by atoms with E-state index in [4.69, 9.17) is 4.74 Å². The lowest BCUT2D eigenvalue weighted by Crippen LogP contribution is -2.57. The zero-order valence-corrected chi connectivity index (χ0v) is 7.55. The Balaban J connectivity index is 2.13. The number of rotatable bonds is 2. The molecule has 2 aliphatic heterocycles.